The first kappa shape index (κ1) is 21.0. The van der Waals surface area contributed by atoms with Gasteiger partial charge >= 0.3 is 0 Å². The van der Waals surface area contributed by atoms with Crippen molar-refractivity contribution in [3.63, 3.8) is 0 Å². The number of amides is 2. The van der Waals surface area contributed by atoms with Crippen LogP contribution in [-0.2, 0) is 22.4 Å². The summed E-state index contributed by atoms with van der Waals surface area (Å²) in [5, 5.41) is 8.67. The van der Waals surface area contributed by atoms with E-state index in [9.17, 15) is 9.59 Å². The van der Waals surface area contributed by atoms with Crippen LogP contribution in [0, 0.1) is 0 Å². The molecule has 0 heterocycles. The lowest BCUT2D eigenvalue weighted by molar-refractivity contribution is -0.122. The normalized spacial score (nSPS) is 17.7. The second-order valence-electron chi connectivity index (χ2n) is 8.06. The molecular formula is C25H28N4O2. The summed E-state index contributed by atoms with van der Waals surface area (Å²) in [5.74, 6) is -0.341. The molecular weight excluding hydrogens is 388 g/mol. The van der Waals surface area contributed by atoms with Gasteiger partial charge in [-0.2, -0.15) is 10.2 Å². The van der Waals surface area contributed by atoms with E-state index in [2.05, 4.69) is 45.3 Å². The highest BCUT2D eigenvalue weighted by molar-refractivity contribution is 6.03. The van der Waals surface area contributed by atoms with Crippen molar-refractivity contribution in [1.29, 1.82) is 0 Å². The molecule has 2 aliphatic rings. The van der Waals surface area contributed by atoms with Gasteiger partial charge in [-0.15, -0.1) is 0 Å². The highest BCUT2D eigenvalue weighted by Gasteiger charge is 2.16. The lowest BCUT2D eigenvalue weighted by Gasteiger charge is -2.17. The van der Waals surface area contributed by atoms with Crippen molar-refractivity contribution >= 4 is 23.2 Å². The fourth-order valence-electron chi connectivity index (χ4n) is 4.21. The lowest BCUT2D eigenvalue weighted by atomic mass is 9.90. The largest absolute Gasteiger partial charge is 0.273 e. The third kappa shape index (κ3) is 5.45. The van der Waals surface area contributed by atoms with Gasteiger partial charge in [-0.1, -0.05) is 48.5 Å². The Hall–Kier alpha value is -3.28. The van der Waals surface area contributed by atoms with Crippen LogP contribution in [0.25, 0.3) is 0 Å². The predicted octanol–water partition coefficient (Wildman–Crippen LogP) is 3.87. The van der Waals surface area contributed by atoms with Gasteiger partial charge in [0.25, 0.3) is 0 Å². The van der Waals surface area contributed by atoms with Crippen LogP contribution < -0.4 is 10.9 Å². The Labute approximate surface area is 182 Å². The Morgan fingerprint density at radius 2 is 1.13 bits per heavy atom. The van der Waals surface area contributed by atoms with E-state index in [1.807, 2.05) is 24.3 Å². The molecule has 6 heteroatoms. The van der Waals surface area contributed by atoms with Crippen molar-refractivity contribution in [2.75, 3.05) is 0 Å². The van der Waals surface area contributed by atoms with Crippen molar-refractivity contribution in [2.24, 2.45) is 10.2 Å². The zero-order chi connectivity index (χ0) is 21.5. The maximum Gasteiger partial charge on any atom is 0.240 e. The first-order valence-corrected chi connectivity index (χ1v) is 11.1. The number of benzene rings is 2. The highest BCUT2D eigenvalue weighted by Crippen LogP contribution is 2.22. The monoisotopic (exact) mass is 416 g/mol. The molecule has 0 atom stereocenters. The zero-order valence-electron chi connectivity index (χ0n) is 17.7. The Balaban J connectivity index is 1.22. The molecule has 0 aromatic heterocycles. The minimum Gasteiger partial charge on any atom is -0.273 e. The van der Waals surface area contributed by atoms with Crippen molar-refractivity contribution in [2.45, 2.75) is 57.8 Å². The molecule has 0 aliphatic heterocycles. The van der Waals surface area contributed by atoms with E-state index in [1.54, 1.807) is 0 Å². The summed E-state index contributed by atoms with van der Waals surface area (Å²) in [7, 11) is 0. The van der Waals surface area contributed by atoms with Gasteiger partial charge in [0.15, 0.2) is 0 Å². The summed E-state index contributed by atoms with van der Waals surface area (Å²) in [6, 6.07) is 16.4. The van der Waals surface area contributed by atoms with Gasteiger partial charge in [0.2, 0.25) is 11.8 Å². The van der Waals surface area contributed by atoms with Gasteiger partial charge in [0.05, 0.1) is 11.4 Å². The third-order valence-electron chi connectivity index (χ3n) is 5.81. The molecule has 160 valence electrons. The van der Waals surface area contributed by atoms with Crippen molar-refractivity contribution in [3.8, 4) is 0 Å². The van der Waals surface area contributed by atoms with Crippen LogP contribution >= 0.6 is 0 Å². The van der Waals surface area contributed by atoms with Gasteiger partial charge in [-0.25, -0.2) is 10.9 Å². The van der Waals surface area contributed by atoms with Crippen LogP contribution in [0.2, 0.25) is 0 Å². The third-order valence-corrected chi connectivity index (χ3v) is 5.81. The number of rotatable bonds is 6. The first-order chi connectivity index (χ1) is 15.2. The van der Waals surface area contributed by atoms with E-state index in [0.29, 0.717) is 6.42 Å². The summed E-state index contributed by atoms with van der Waals surface area (Å²) >= 11 is 0. The number of hydrazone groups is 2. The molecule has 0 saturated carbocycles. The number of hydrogen-bond acceptors (Lipinski definition) is 4. The summed E-state index contributed by atoms with van der Waals surface area (Å²) in [6.45, 7) is 0. The van der Waals surface area contributed by atoms with Gasteiger partial charge in [0.1, 0.15) is 0 Å². The average molecular weight is 417 g/mol. The van der Waals surface area contributed by atoms with Crippen molar-refractivity contribution in [3.05, 3.63) is 70.8 Å². The van der Waals surface area contributed by atoms with Crippen LogP contribution in [0.5, 0.6) is 0 Å². The maximum absolute atomic E-state index is 12.1. The minimum absolute atomic E-state index is 0.170. The summed E-state index contributed by atoms with van der Waals surface area (Å²) in [5.41, 5.74) is 12.0. The maximum atomic E-state index is 12.1. The Morgan fingerprint density at radius 1 is 0.677 bits per heavy atom. The van der Waals surface area contributed by atoms with E-state index in [4.69, 9.17) is 0 Å². The quantitative estimate of drug-likeness (QED) is 0.701. The molecule has 2 aliphatic carbocycles. The predicted molar refractivity (Wildman–Crippen MR) is 122 cm³/mol. The van der Waals surface area contributed by atoms with E-state index >= 15 is 0 Å². The van der Waals surface area contributed by atoms with Crippen LogP contribution in [0.1, 0.15) is 67.2 Å². The number of fused-ring (bicyclic) bond motifs is 2. The number of carbonyl (C=O) groups is 2. The summed E-state index contributed by atoms with van der Waals surface area (Å²) < 4.78 is 0. The van der Waals surface area contributed by atoms with E-state index < -0.39 is 0 Å². The number of nitrogens with zero attached hydrogens (tertiary/aromatic N) is 2. The summed E-state index contributed by atoms with van der Waals surface area (Å²) in [4.78, 5) is 24.3. The van der Waals surface area contributed by atoms with Gasteiger partial charge < -0.3 is 0 Å². The molecule has 0 spiro atoms. The Morgan fingerprint density at radius 3 is 1.61 bits per heavy atom. The number of carbonyl (C=O) groups excluding carboxylic acids is 2. The van der Waals surface area contributed by atoms with Crippen LogP contribution in [0.15, 0.2) is 58.7 Å². The Bertz CT molecular complexity index is 944. The minimum atomic E-state index is -0.170. The van der Waals surface area contributed by atoms with Crippen molar-refractivity contribution in [1.82, 2.24) is 10.9 Å². The Kier molecular flexibility index (Phi) is 6.87. The average Bonchev–Trinajstić information content (AvgIpc) is 2.81. The van der Waals surface area contributed by atoms with Gasteiger partial charge in [-0.05, 0) is 56.1 Å². The highest BCUT2D eigenvalue weighted by atomic mass is 16.2. The molecule has 0 bridgehead atoms. The molecule has 2 amide bonds. The SMILES string of the molecule is O=C(CCCC(=O)N/N=C1/CCCc2ccccc21)N/N=C1/CCCc2ccccc21. The molecule has 6 nitrogen and oxygen atoms in total. The van der Waals surface area contributed by atoms with E-state index in [1.165, 1.54) is 11.1 Å². The topological polar surface area (TPSA) is 82.9 Å². The molecule has 0 unspecified atom stereocenters. The standard InChI is InChI=1S/C25H28N4O2/c30-24(28-26-22-14-5-10-18-8-1-3-12-20(18)22)16-7-17-25(31)29-27-23-15-6-11-19-9-2-4-13-21(19)23/h1-4,8-9,12-13H,5-7,10-11,14-17H2,(H,28,30)(H,29,31)/b26-22-,27-23-. The van der Waals surface area contributed by atoms with Crippen LogP contribution in [-0.4, -0.2) is 23.2 Å². The second-order valence-corrected chi connectivity index (χ2v) is 8.06. The number of aryl methyl sites for hydroxylation is 2. The number of nitrogens with one attached hydrogen (secondary N) is 2. The summed E-state index contributed by atoms with van der Waals surface area (Å²) in [6.07, 6.45) is 6.88. The molecule has 2 aromatic rings. The fourth-order valence-corrected chi connectivity index (χ4v) is 4.21. The van der Waals surface area contributed by atoms with Crippen LogP contribution in [0.3, 0.4) is 0 Å². The second kappa shape index (κ2) is 10.2. The van der Waals surface area contributed by atoms with Crippen molar-refractivity contribution < 1.29 is 9.59 Å². The molecule has 31 heavy (non-hydrogen) atoms. The van der Waals surface area contributed by atoms with E-state index in [0.717, 1.165) is 61.1 Å². The van der Waals surface area contributed by atoms with Gasteiger partial charge in [-0.3, -0.25) is 9.59 Å². The molecule has 2 aromatic carbocycles. The molecule has 2 N–H and O–H groups in total. The van der Waals surface area contributed by atoms with Crippen LogP contribution in [0.4, 0.5) is 0 Å². The molecule has 0 saturated heterocycles. The first-order valence-electron chi connectivity index (χ1n) is 11.1. The zero-order valence-corrected chi connectivity index (χ0v) is 17.7. The molecule has 0 radical (unpaired) electrons. The smallest absolute Gasteiger partial charge is 0.240 e. The lowest BCUT2D eigenvalue weighted by Crippen LogP contribution is -2.24. The van der Waals surface area contributed by atoms with Gasteiger partial charge in [0, 0.05) is 24.0 Å². The molecule has 0 fully saturated rings. The fraction of sp³-hybridized carbons (Fsp3) is 0.360. The van der Waals surface area contributed by atoms with E-state index in [-0.39, 0.29) is 24.7 Å². The molecule has 4 rings (SSSR count). The number of hydrogen-bond donors (Lipinski definition) is 2.